The summed E-state index contributed by atoms with van der Waals surface area (Å²) in [6.07, 6.45) is 2.10. The maximum Gasteiger partial charge on any atom is 0.238 e. The van der Waals surface area contributed by atoms with Crippen LogP contribution in [-0.2, 0) is 4.79 Å². The van der Waals surface area contributed by atoms with E-state index in [0.29, 0.717) is 12.6 Å². The van der Waals surface area contributed by atoms with E-state index in [-0.39, 0.29) is 17.5 Å². The molecule has 1 saturated carbocycles. The number of benzene rings is 1. The molecule has 1 heterocycles. The number of rotatable bonds is 5. The van der Waals surface area contributed by atoms with Gasteiger partial charge in [0.15, 0.2) is 0 Å². The maximum atomic E-state index is 12.2. The van der Waals surface area contributed by atoms with E-state index in [1.165, 1.54) is 0 Å². The second-order valence-electron chi connectivity index (χ2n) is 6.71. The minimum absolute atomic E-state index is 0.00417. The first-order valence-corrected chi connectivity index (χ1v) is 7.80. The molecule has 1 amide bonds. The normalized spacial score (nSPS) is 27.0. The number of ether oxygens (including phenoxy) is 1. The minimum Gasteiger partial charge on any atom is -0.494 e. The SMILES string of the molecule is CCCOc1ccc(C2NCC(=O)N2C2CC2(C)C)cc1. The molecule has 1 saturated heterocycles. The Morgan fingerprint density at radius 1 is 1.33 bits per heavy atom. The first kappa shape index (κ1) is 14.4. The van der Waals surface area contributed by atoms with Crippen LogP contribution in [0.5, 0.6) is 5.75 Å². The molecule has 1 aromatic rings. The second kappa shape index (κ2) is 5.34. The van der Waals surface area contributed by atoms with Crippen LogP contribution < -0.4 is 10.1 Å². The van der Waals surface area contributed by atoms with Crippen molar-refractivity contribution in [2.45, 2.75) is 45.8 Å². The van der Waals surface area contributed by atoms with Gasteiger partial charge in [-0.05, 0) is 36.0 Å². The van der Waals surface area contributed by atoms with Crippen molar-refractivity contribution >= 4 is 5.91 Å². The standard InChI is InChI=1S/C17H24N2O2/c1-4-9-21-13-7-5-12(6-8-13)16-18-11-15(20)19(16)14-10-17(14,2)3/h5-8,14,16,18H,4,9-11H2,1-3H3. The summed E-state index contributed by atoms with van der Waals surface area (Å²) in [7, 11) is 0. The Bertz CT molecular complexity index is 524. The monoisotopic (exact) mass is 288 g/mol. The molecule has 2 aliphatic rings. The van der Waals surface area contributed by atoms with E-state index >= 15 is 0 Å². The summed E-state index contributed by atoms with van der Waals surface area (Å²) in [4.78, 5) is 14.2. The molecular formula is C17H24N2O2. The fraction of sp³-hybridized carbons (Fsp3) is 0.588. The molecule has 0 radical (unpaired) electrons. The smallest absolute Gasteiger partial charge is 0.238 e. The average Bonchev–Trinajstić information content (AvgIpc) is 2.91. The third-order valence-corrected chi connectivity index (χ3v) is 4.48. The van der Waals surface area contributed by atoms with E-state index in [1.807, 2.05) is 17.0 Å². The lowest BCUT2D eigenvalue weighted by molar-refractivity contribution is -0.129. The van der Waals surface area contributed by atoms with Crippen LogP contribution in [0.3, 0.4) is 0 Å². The molecule has 2 unspecified atom stereocenters. The first-order valence-electron chi connectivity index (χ1n) is 7.80. The maximum absolute atomic E-state index is 12.2. The Kier molecular flexibility index (Phi) is 3.66. The van der Waals surface area contributed by atoms with Crippen molar-refractivity contribution in [3.05, 3.63) is 29.8 Å². The van der Waals surface area contributed by atoms with Gasteiger partial charge in [0, 0.05) is 6.04 Å². The Morgan fingerprint density at radius 3 is 2.57 bits per heavy atom. The molecule has 114 valence electrons. The number of nitrogens with zero attached hydrogens (tertiary/aromatic N) is 1. The predicted octanol–water partition coefficient (Wildman–Crippen LogP) is 2.70. The molecule has 0 spiro atoms. The van der Waals surface area contributed by atoms with Gasteiger partial charge in [0.25, 0.3) is 0 Å². The molecule has 4 heteroatoms. The third kappa shape index (κ3) is 2.77. The summed E-state index contributed by atoms with van der Waals surface area (Å²) < 4.78 is 5.61. The van der Waals surface area contributed by atoms with Gasteiger partial charge in [-0.1, -0.05) is 32.9 Å². The van der Waals surface area contributed by atoms with Gasteiger partial charge in [-0.25, -0.2) is 0 Å². The van der Waals surface area contributed by atoms with Crippen LogP contribution in [-0.4, -0.2) is 30.0 Å². The average molecular weight is 288 g/mol. The second-order valence-corrected chi connectivity index (χ2v) is 6.71. The molecular weight excluding hydrogens is 264 g/mol. The number of nitrogens with one attached hydrogen (secondary N) is 1. The fourth-order valence-electron chi connectivity index (χ4n) is 3.03. The van der Waals surface area contributed by atoms with Gasteiger partial charge in [-0.15, -0.1) is 0 Å². The Labute approximate surface area is 126 Å². The minimum atomic E-state index is 0.00417. The van der Waals surface area contributed by atoms with Gasteiger partial charge in [0.2, 0.25) is 5.91 Å². The zero-order valence-corrected chi connectivity index (χ0v) is 13.1. The lowest BCUT2D eigenvalue weighted by atomic mass is 10.1. The van der Waals surface area contributed by atoms with Crippen molar-refractivity contribution in [1.29, 1.82) is 0 Å². The largest absolute Gasteiger partial charge is 0.494 e. The third-order valence-electron chi connectivity index (χ3n) is 4.48. The number of amides is 1. The van der Waals surface area contributed by atoms with Gasteiger partial charge in [-0.2, -0.15) is 0 Å². The highest BCUT2D eigenvalue weighted by Crippen LogP contribution is 2.51. The number of hydrogen-bond acceptors (Lipinski definition) is 3. The van der Waals surface area contributed by atoms with Crippen LogP contribution >= 0.6 is 0 Å². The molecule has 1 aliphatic heterocycles. The van der Waals surface area contributed by atoms with Crippen LogP contribution in [0.4, 0.5) is 0 Å². The topological polar surface area (TPSA) is 41.6 Å². The molecule has 0 bridgehead atoms. The predicted molar refractivity (Wildman–Crippen MR) is 82.0 cm³/mol. The van der Waals surface area contributed by atoms with Crippen LogP contribution in [0.2, 0.25) is 0 Å². The number of carbonyl (C=O) groups excluding carboxylic acids is 1. The van der Waals surface area contributed by atoms with Gasteiger partial charge in [0.1, 0.15) is 11.9 Å². The van der Waals surface area contributed by atoms with Crippen LogP contribution in [0, 0.1) is 5.41 Å². The van der Waals surface area contributed by atoms with E-state index in [9.17, 15) is 4.79 Å². The molecule has 4 nitrogen and oxygen atoms in total. The van der Waals surface area contributed by atoms with E-state index in [1.54, 1.807) is 0 Å². The van der Waals surface area contributed by atoms with Crippen LogP contribution in [0.25, 0.3) is 0 Å². The highest BCUT2D eigenvalue weighted by Gasteiger charge is 2.54. The zero-order chi connectivity index (χ0) is 15.0. The number of hydrogen-bond donors (Lipinski definition) is 1. The van der Waals surface area contributed by atoms with Crippen molar-refractivity contribution in [3.8, 4) is 5.75 Å². The van der Waals surface area contributed by atoms with E-state index in [4.69, 9.17) is 4.74 Å². The lowest BCUT2D eigenvalue weighted by Crippen LogP contribution is -2.34. The molecule has 0 aromatic heterocycles. The van der Waals surface area contributed by atoms with Gasteiger partial charge in [-0.3, -0.25) is 10.1 Å². The molecule has 1 aromatic carbocycles. The van der Waals surface area contributed by atoms with Crippen molar-refractivity contribution in [2.75, 3.05) is 13.2 Å². The number of carbonyl (C=O) groups is 1. The molecule has 1 aliphatic carbocycles. The molecule has 2 fully saturated rings. The summed E-state index contributed by atoms with van der Waals surface area (Å²) in [5, 5.41) is 3.33. The quantitative estimate of drug-likeness (QED) is 0.906. The van der Waals surface area contributed by atoms with Crippen LogP contribution in [0.15, 0.2) is 24.3 Å². The van der Waals surface area contributed by atoms with Crippen LogP contribution in [0.1, 0.15) is 45.3 Å². The van der Waals surface area contributed by atoms with Crippen molar-refractivity contribution in [2.24, 2.45) is 5.41 Å². The fourth-order valence-corrected chi connectivity index (χ4v) is 3.03. The summed E-state index contributed by atoms with van der Waals surface area (Å²) in [5.74, 6) is 1.10. The van der Waals surface area contributed by atoms with E-state index in [2.05, 4.69) is 38.2 Å². The molecule has 1 N–H and O–H groups in total. The highest BCUT2D eigenvalue weighted by atomic mass is 16.5. The van der Waals surface area contributed by atoms with E-state index < -0.39 is 0 Å². The highest BCUT2D eigenvalue weighted by molar-refractivity contribution is 5.81. The summed E-state index contributed by atoms with van der Waals surface area (Å²) >= 11 is 0. The first-order chi connectivity index (χ1) is 10.0. The molecule has 21 heavy (non-hydrogen) atoms. The molecule has 2 atom stereocenters. The summed E-state index contributed by atoms with van der Waals surface area (Å²) in [6.45, 7) is 7.72. The lowest BCUT2D eigenvalue weighted by Gasteiger charge is -2.26. The zero-order valence-electron chi connectivity index (χ0n) is 13.1. The van der Waals surface area contributed by atoms with Gasteiger partial charge >= 0.3 is 0 Å². The van der Waals surface area contributed by atoms with Gasteiger partial charge < -0.3 is 9.64 Å². The Hall–Kier alpha value is -1.55. The Morgan fingerprint density at radius 2 is 2.00 bits per heavy atom. The summed E-state index contributed by atoms with van der Waals surface area (Å²) in [5.41, 5.74) is 1.39. The Balaban J connectivity index is 1.74. The van der Waals surface area contributed by atoms with Gasteiger partial charge in [0.05, 0.1) is 13.2 Å². The van der Waals surface area contributed by atoms with Crippen molar-refractivity contribution in [3.63, 3.8) is 0 Å². The van der Waals surface area contributed by atoms with Crippen molar-refractivity contribution in [1.82, 2.24) is 10.2 Å². The summed E-state index contributed by atoms with van der Waals surface area (Å²) in [6, 6.07) is 8.46. The molecule has 3 rings (SSSR count). The van der Waals surface area contributed by atoms with E-state index in [0.717, 1.165) is 30.8 Å². The van der Waals surface area contributed by atoms with Crippen molar-refractivity contribution < 1.29 is 9.53 Å².